The van der Waals surface area contributed by atoms with Crippen LogP contribution in [-0.4, -0.2) is 38.0 Å². The molecule has 0 fully saturated rings. The minimum atomic E-state index is -1.22. The molecule has 20 heavy (non-hydrogen) atoms. The van der Waals surface area contributed by atoms with E-state index in [0.29, 0.717) is 5.69 Å². The number of carbonyl (C=O) groups excluding carboxylic acids is 1. The minimum absolute atomic E-state index is 0.0216. The van der Waals surface area contributed by atoms with Crippen LogP contribution in [0, 0.1) is 5.82 Å². The number of amides is 1. The fourth-order valence-corrected chi connectivity index (χ4v) is 1.61. The Bertz CT molecular complexity index is 615. The number of aromatic nitrogens is 3. The summed E-state index contributed by atoms with van der Waals surface area (Å²) in [4.78, 5) is 33.0. The zero-order valence-corrected chi connectivity index (χ0v) is 10.2. The zero-order chi connectivity index (χ0) is 14.5. The van der Waals surface area contributed by atoms with Crippen molar-refractivity contribution in [2.45, 2.75) is 12.5 Å². The second-order valence-corrected chi connectivity index (χ2v) is 4.00. The van der Waals surface area contributed by atoms with Crippen molar-refractivity contribution in [2.75, 3.05) is 0 Å². The minimum Gasteiger partial charge on any atom is -0.480 e. The van der Waals surface area contributed by atoms with Crippen molar-refractivity contribution in [2.24, 2.45) is 0 Å². The highest BCUT2D eigenvalue weighted by Gasteiger charge is 2.23. The molecular formula is C12H11FN4O3. The molecule has 1 amide bonds. The van der Waals surface area contributed by atoms with Crippen LogP contribution >= 0.6 is 0 Å². The van der Waals surface area contributed by atoms with E-state index in [1.165, 1.54) is 24.8 Å². The van der Waals surface area contributed by atoms with E-state index in [4.69, 9.17) is 5.11 Å². The van der Waals surface area contributed by atoms with Gasteiger partial charge >= 0.3 is 5.97 Å². The lowest BCUT2D eigenvalue weighted by molar-refractivity contribution is -0.139. The molecule has 0 saturated heterocycles. The quantitative estimate of drug-likeness (QED) is 0.732. The Hall–Kier alpha value is -2.77. The third-order valence-corrected chi connectivity index (χ3v) is 2.60. The van der Waals surface area contributed by atoms with Crippen molar-refractivity contribution in [1.82, 2.24) is 20.3 Å². The number of halogens is 1. The highest BCUT2D eigenvalue weighted by atomic mass is 19.1. The summed E-state index contributed by atoms with van der Waals surface area (Å²) in [6, 6.07) is -0.00438. The Labute approximate surface area is 112 Å². The number of carboxylic acids is 1. The molecule has 0 aliphatic heterocycles. The van der Waals surface area contributed by atoms with Crippen LogP contribution in [-0.2, 0) is 11.2 Å². The molecule has 0 saturated carbocycles. The van der Waals surface area contributed by atoms with Crippen molar-refractivity contribution in [1.29, 1.82) is 0 Å². The fraction of sp³-hybridized carbons (Fsp3) is 0.167. The van der Waals surface area contributed by atoms with Crippen molar-refractivity contribution in [3.05, 3.63) is 48.1 Å². The van der Waals surface area contributed by atoms with Crippen LogP contribution in [0.2, 0.25) is 0 Å². The zero-order valence-electron chi connectivity index (χ0n) is 10.2. The van der Waals surface area contributed by atoms with Crippen molar-refractivity contribution >= 4 is 11.9 Å². The van der Waals surface area contributed by atoms with E-state index in [1.807, 2.05) is 0 Å². The van der Waals surface area contributed by atoms with E-state index >= 15 is 0 Å². The molecule has 2 aromatic rings. The van der Waals surface area contributed by atoms with Crippen LogP contribution < -0.4 is 5.32 Å². The monoisotopic (exact) mass is 278 g/mol. The Morgan fingerprint density at radius 1 is 1.40 bits per heavy atom. The molecular weight excluding hydrogens is 267 g/mol. The molecule has 1 atom stereocenters. The van der Waals surface area contributed by atoms with Gasteiger partial charge in [0.05, 0.1) is 18.1 Å². The maximum absolute atomic E-state index is 13.4. The number of aliphatic carboxylic acids is 1. The fourth-order valence-electron chi connectivity index (χ4n) is 1.61. The van der Waals surface area contributed by atoms with E-state index in [0.717, 1.165) is 6.20 Å². The summed E-state index contributed by atoms with van der Waals surface area (Å²) < 4.78 is 13.4. The van der Waals surface area contributed by atoms with E-state index in [-0.39, 0.29) is 12.0 Å². The molecule has 0 radical (unpaired) electrons. The van der Waals surface area contributed by atoms with Gasteiger partial charge in [0, 0.05) is 24.5 Å². The predicted molar refractivity (Wildman–Crippen MR) is 65.4 cm³/mol. The molecule has 0 aliphatic carbocycles. The third kappa shape index (κ3) is 3.16. The first-order valence-electron chi connectivity index (χ1n) is 5.68. The first kappa shape index (κ1) is 13.7. The summed E-state index contributed by atoms with van der Waals surface area (Å²) >= 11 is 0. The molecule has 8 heteroatoms. The van der Waals surface area contributed by atoms with Gasteiger partial charge in [-0.05, 0) is 6.07 Å². The number of carboxylic acid groups (broad SMARTS) is 1. The summed E-state index contributed by atoms with van der Waals surface area (Å²) in [6.45, 7) is 0. The van der Waals surface area contributed by atoms with E-state index in [1.54, 1.807) is 0 Å². The molecule has 0 aliphatic rings. The van der Waals surface area contributed by atoms with Crippen LogP contribution in [0.3, 0.4) is 0 Å². The highest BCUT2D eigenvalue weighted by Crippen LogP contribution is 2.06. The average molecular weight is 278 g/mol. The van der Waals surface area contributed by atoms with E-state index in [2.05, 4.69) is 20.3 Å². The van der Waals surface area contributed by atoms with E-state index < -0.39 is 23.7 Å². The van der Waals surface area contributed by atoms with Crippen LogP contribution in [0.15, 0.2) is 31.0 Å². The maximum atomic E-state index is 13.4. The largest absolute Gasteiger partial charge is 0.480 e. The number of pyridine rings is 1. The van der Waals surface area contributed by atoms with Gasteiger partial charge in [0.1, 0.15) is 6.04 Å². The van der Waals surface area contributed by atoms with Crippen molar-refractivity contribution in [3.8, 4) is 0 Å². The molecule has 3 N–H and O–H groups in total. The number of hydrogen-bond donors (Lipinski definition) is 3. The van der Waals surface area contributed by atoms with Gasteiger partial charge in [-0.2, -0.15) is 0 Å². The molecule has 1 unspecified atom stereocenters. The van der Waals surface area contributed by atoms with Crippen molar-refractivity contribution in [3.63, 3.8) is 0 Å². The molecule has 2 aromatic heterocycles. The summed E-state index contributed by atoms with van der Waals surface area (Å²) in [5, 5.41) is 11.3. The number of nitrogens with one attached hydrogen (secondary N) is 2. The topological polar surface area (TPSA) is 108 Å². The summed E-state index contributed by atoms with van der Waals surface area (Å²) in [6.07, 6.45) is 5.02. The van der Waals surface area contributed by atoms with Crippen LogP contribution in [0.1, 0.15) is 16.1 Å². The number of imidazole rings is 1. The standard InChI is InChI=1S/C12H11FN4O3/c13-9-5-14-2-1-8(9)11(18)17-10(12(19)20)3-7-4-15-6-16-7/h1-2,4-6,10H,3H2,(H,15,16)(H,17,18)(H,19,20). The van der Waals surface area contributed by atoms with Gasteiger partial charge in [-0.25, -0.2) is 14.2 Å². The third-order valence-electron chi connectivity index (χ3n) is 2.60. The number of aromatic amines is 1. The Morgan fingerprint density at radius 3 is 2.80 bits per heavy atom. The molecule has 104 valence electrons. The Balaban J connectivity index is 2.10. The Kier molecular flexibility index (Phi) is 4.04. The first-order valence-corrected chi connectivity index (χ1v) is 5.68. The SMILES string of the molecule is O=C(NC(Cc1cnc[nH]1)C(=O)O)c1ccncc1F. The molecule has 0 spiro atoms. The van der Waals surface area contributed by atoms with Crippen LogP contribution in [0.4, 0.5) is 4.39 Å². The molecule has 7 nitrogen and oxygen atoms in total. The summed E-state index contributed by atoms with van der Waals surface area (Å²) in [7, 11) is 0. The second-order valence-electron chi connectivity index (χ2n) is 4.00. The molecule has 0 bridgehead atoms. The van der Waals surface area contributed by atoms with Gasteiger partial charge in [-0.3, -0.25) is 9.78 Å². The van der Waals surface area contributed by atoms with Gasteiger partial charge in [0.25, 0.3) is 5.91 Å². The lowest BCUT2D eigenvalue weighted by Gasteiger charge is -2.13. The number of nitrogens with zero attached hydrogens (tertiary/aromatic N) is 2. The van der Waals surface area contributed by atoms with Gasteiger partial charge in [0.2, 0.25) is 0 Å². The smallest absolute Gasteiger partial charge is 0.326 e. The average Bonchev–Trinajstić information content (AvgIpc) is 2.91. The van der Waals surface area contributed by atoms with Crippen LogP contribution in [0.5, 0.6) is 0 Å². The predicted octanol–water partition coefficient (Wildman–Crippen LogP) is 0.369. The van der Waals surface area contributed by atoms with Gasteiger partial charge < -0.3 is 15.4 Å². The number of carbonyl (C=O) groups is 2. The van der Waals surface area contributed by atoms with E-state index in [9.17, 15) is 14.0 Å². The van der Waals surface area contributed by atoms with Gasteiger partial charge in [0.15, 0.2) is 5.82 Å². The number of rotatable bonds is 5. The van der Waals surface area contributed by atoms with Crippen molar-refractivity contribution < 1.29 is 19.1 Å². The van der Waals surface area contributed by atoms with Gasteiger partial charge in [-0.1, -0.05) is 0 Å². The highest BCUT2D eigenvalue weighted by molar-refractivity contribution is 5.96. The molecule has 0 aromatic carbocycles. The normalized spacial score (nSPS) is 11.8. The second kappa shape index (κ2) is 5.91. The molecule has 2 heterocycles. The first-order chi connectivity index (χ1) is 9.58. The number of hydrogen-bond acceptors (Lipinski definition) is 4. The van der Waals surface area contributed by atoms with Gasteiger partial charge in [-0.15, -0.1) is 0 Å². The lowest BCUT2D eigenvalue weighted by atomic mass is 10.1. The summed E-state index contributed by atoms with van der Waals surface area (Å²) in [5.74, 6) is -2.84. The van der Waals surface area contributed by atoms with Crippen LogP contribution in [0.25, 0.3) is 0 Å². The molecule has 2 rings (SSSR count). The maximum Gasteiger partial charge on any atom is 0.326 e. The number of H-pyrrole nitrogens is 1. The lowest BCUT2D eigenvalue weighted by Crippen LogP contribution is -2.42. The summed E-state index contributed by atoms with van der Waals surface area (Å²) in [5.41, 5.74) is 0.295. The Morgan fingerprint density at radius 2 is 2.20 bits per heavy atom.